The second-order valence-corrected chi connectivity index (χ2v) is 8.49. The highest BCUT2D eigenvalue weighted by molar-refractivity contribution is 5.92. The molecule has 3 N–H and O–H groups in total. The number of nitrogens with one attached hydrogen (secondary N) is 1. The molecular formula is C24H26F2N8O. The Labute approximate surface area is 201 Å². The molecule has 9 nitrogen and oxygen atoms in total. The topological polar surface area (TPSA) is 97.4 Å². The molecule has 182 valence electrons. The molecule has 3 aromatic heterocycles. The number of rotatable bonds is 6. The molecule has 0 atom stereocenters. The number of nitrogens with two attached hydrogens (primary N) is 1. The van der Waals surface area contributed by atoms with Crippen molar-refractivity contribution in [2.45, 2.75) is 6.61 Å². The summed E-state index contributed by atoms with van der Waals surface area (Å²) in [5.41, 5.74) is 11.0. The van der Waals surface area contributed by atoms with Gasteiger partial charge in [-0.25, -0.2) is 9.97 Å². The van der Waals surface area contributed by atoms with Gasteiger partial charge in [0.25, 0.3) is 0 Å². The Morgan fingerprint density at radius 3 is 2.63 bits per heavy atom. The fourth-order valence-corrected chi connectivity index (χ4v) is 4.29. The number of aromatic nitrogens is 4. The number of pyridine rings is 1. The van der Waals surface area contributed by atoms with E-state index in [0.29, 0.717) is 17.1 Å². The fraction of sp³-hybridized carbons (Fsp3) is 0.292. The zero-order valence-electron chi connectivity index (χ0n) is 19.4. The highest BCUT2D eigenvalue weighted by Crippen LogP contribution is 2.38. The zero-order chi connectivity index (χ0) is 24.5. The van der Waals surface area contributed by atoms with Crippen LogP contribution in [0.4, 0.5) is 31.8 Å². The molecule has 1 saturated heterocycles. The van der Waals surface area contributed by atoms with E-state index in [1.807, 2.05) is 37.0 Å². The molecule has 11 heteroatoms. The molecule has 0 radical (unpaired) electrons. The van der Waals surface area contributed by atoms with E-state index in [1.165, 1.54) is 0 Å². The van der Waals surface area contributed by atoms with Crippen molar-refractivity contribution >= 4 is 34.0 Å². The van der Waals surface area contributed by atoms with Crippen LogP contribution in [0.5, 0.6) is 5.75 Å². The molecule has 0 amide bonds. The first-order chi connectivity index (χ1) is 16.9. The molecule has 1 fully saturated rings. The van der Waals surface area contributed by atoms with Gasteiger partial charge in [-0.15, -0.1) is 0 Å². The van der Waals surface area contributed by atoms with Crippen LogP contribution in [0, 0.1) is 0 Å². The second kappa shape index (κ2) is 9.34. The van der Waals surface area contributed by atoms with Crippen LogP contribution in [-0.4, -0.2) is 64.3 Å². The summed E-state index contributed by atoms with van der Waals surface area (Å²) in [6.45, 7) is 0.202. The molecule has 0 unspecified atom stereocenters. The van der Waals surface area contributed by atoms with Crippen LogP contribution in [-0.2, 0) is 7.05 Å². The predicted molar refractivity (Wildman–Crippen MR) is 132 cm³/mol. The average Bonchev–Trinajstić information content (AvgIpc) is 3.18. The lowest BCUT2D eigenvalue weighted by atomic mass is 10.1. The molecule has 4 aromatic rings. The van der Waals surface area contributed by atoms with Crippen molar-refractivity contribution in [1.82, 2.24) is 24.4 Å². The minimum atomic E-state index is -2.99. The van der Waals surface area contributed by atoms with Crippen molar-refractivity contribution in [2.75, 3.05) is 49.2 Å². The quantitative estimate of drug-likeness (QED) is 0.403. The van der Waals surface area contributed by atoms with E-state index in [-0.39, 0.29) is 17.4 Å². The van der Waals surface area contributed by atoms with Gasteiger partial charge >= 0.3 is 6.61 Å². The third kappa shape index (κ3) is 4.67. The lowest BCUT2D eigenvalue weighted by molar-refractivity contribution is -0.0493. The maximum atomic E-state index is 13.3. The number of likely N-dealkylation sites (N-methyl/N-ethyl adjacent to an activating group) is 1. The average molecular weight is 481 g/mol. The summed E-state index contributed by atoms with van der Waals surface area (Å²) in [5.74, 6) is 0.199. The number of aryl methyl sites for hydroxylation is 1. The summed E-state index contributed by atoms with van der Waals surface area (Å²) in [5, 5.41) is 3.01. The largest absolute Gasteiger partial charge is 0.433 e. The molecule has 0 spiro atoms. The van der Waals surface area contributed by atoms with E-state index in [0.717, 1.165) is 42.8 Å². The first-order valence-corrected chi connectivity index (χ1v) is 11.2. The van der Waals surface area contributed by atoms with E-state index in [9.17, 15) is 8.78 Å². The number of benzene rings is 1. The van der Waals surface area contributed by atoms with Crippen molar-refractivity contribution in [3.05, 3.63) is 48.9 Å². The Balaban J connectivity index is 1.48. The van der Waals surface area contributed by atoms with Crippen LogP contribution >= 0.6 is 0 Å². The van der Waals surface area contributed by atoms with Gasteiger partial charge in [-0.3, -0.25) is 4.98 Å². The van der Waals surface area contributed by atoms with Crippen LogP contribution in [0.25, 0.3) is 22.3 Å². The van der Waals surface area contributed by atoms with Crippen molar-refractivity contribution < 1.29 is 13.5 Å². The number of nitrogen functional groups attached to an aromatic ring is 1. The van der Waals surface area contributed by atoms with Crippen molar-refractivity contribution in [3.63, 3.8) is 0 Å². The third-order valence-electron chi connectivity index (χ3n) is 6.11. The standard InChI is InChI=1S/C24H26F2N8O/c1-32-8-10-34(11-9-32)20-13-21(35-23(25)26)18(12-16(20)27)31-24-29-7-5-17(30-24)15-14-33(2)19-4-3-6-28-22(15)19/h3-7,12-14,23H,8-11,27H2,1-2H3,(H,29,30,31). The molecule has 0 saturated carbocycles. The Hall–Kier alpha value is -3.99. The Morgan fingerprint density at radius 2 is 1.86 bits per heavy atom. The monoisotopic (exact) mass is 480 g/mol. The normalized spacial score (nSPS) is 14.6. The molecule has 1 aliphatic heterocycles. The van der Waals surface area contributed by atoms with Crippen molar-refractivity contribution in [3.8, 4) is 17.0 Å². The van der Waals surface area contributed by atoms with Gasteiger partial charge in [-0.2, -0.15) is 8.78 Å². The zero-order valence-corrected chi connectivity index (χ0v) is 19.4. The summed E-state index contributed by atoms with van der Waals surface area (Å²) in [6, 6.07) is 8.76. The number of halogens is 2. The minimum Gasteiger partial charge on any atom is -0.433 e. The number of nitrogens with zero attached hydrogens (tertiary/aromatic N) is 6. The number of alkyl halides is 2. The highest BCUT2D eigenvalue weighted by atomic mass is 19.3. The first kappa shape index (κ1) is 22.8. The van der Waals surface area contributed by atoms with Gasteiger partial charge in [0.1, 0.15) is 0 Å². The summed E-state index contributed by atoms with van der Waals surface area (Å²) in [6.07, 6.45) is 5.27. The number of ether oxygens (including phenoxy) is 1. The van der Waals surface area contributed by atoms with E-state index in [1.54, 1.807) is 30.6 Å². The highest BCUT2D eigenvalue weighted by Gasteiger charge is 2.21. The van der Waals surface area contributed by atoms with Gasteiger partial charge in [0.15, 0.2) is 5.75 Å². The van der Waals surface area contributed by atoms with E-state index >= 15 is 0 Å². The SMILES string of the molecule is CN1CCN(c2cc(OC(F)F)c(Nc3nccc(-c4cn(C)c5cccnc45)n3)cc2N)CC1. The second-order valence-electron chi connectivity index (χ2n) is 8.49. The maximum absolute atomic E-state index is 13.3. The number of piperazine rings is 1. The molecule has 5 rings (SSSR count). The molecule has 0 aliphatic carbocycles. The lowest BCUT2D eigenvalue weighted by Gasteiger charge is -2.35. The molecule has 1 aliphatic rings. The summed E-state index contributed by atoms with van der Waals surface area (Å²) < 4.78 is 33.3. The van der Waals surface area contributed by atoms with Crippen LogP contribution in [0.1, 0.15) is 0 Å². The summed E-state index contributed by atoms with van der Waals surface area (Å²) in [4.78, 5) is 17.6. The number of hydrogen-bond acceptors (Lipinski definition) is 8. The summed E-state index contributed by atoms with van der Waals surface area (Å²) in [7, 11) is 3.98. The van der Waals surface area contributed by atoms with Gasteiger partial charge in [0.2, 0.25) is 5.95 Å². The van der Waals surface area contributed by atoms with E-state index < -0.39 is 6.61 Å². The molecule has 4 heterocycles. The smallest absolute Gasteiger partial charge is 0.387 e. The number of anilines is 4. The van der Waals surface area contributed by atoms with Crippen LogP contribution < -0.4 is 20.7 Å². The Morgan fingerprint density at radius 1 is 1.06 bits per heavy atom. The van der Waals surface area contributed by atoms with E-state index in [4.69, 9.17) is 10.5 Å². The van der Waals surface area contributed by atoms with Gasteiger partial charge in [-0.05, 0) is 31.3 Å². The van der Waals surface area contributed by atoms with Gasteiger partial charge in [0, 0.05) is 63.4 Å². The number of fused-ring (bicyclic) bond motifs is 1. The molecule has 35 heavy (non-hydrogen) atoms. The van der Waals surface area contributed by atoms with Crippen molar-refractivity contribution in [2.24, 2.45) is 7.05 Å². The van der Waals surface area contributed by atoms with Crippen LogP contribution in [0.3, 0.4) is 0 Å². The van der Waals surface area contributed by atoms with Gasteiger partial charge in [0.05, 0.1) is 33.8 Å². The molecule has 1 aromatic carbocycles. The van der Waals surface area contributed by atoms with Crippen molar-refractivity contribution in [1.29, 1.82) is 0 Å². The molecular weight excluding hydrogens is 454 g/mol. The number of hydrogen-bond donors (Lipinski definition) is 2. The first-order valence-electron chi connectivity index (χ1n) is 11.2. The predicted octanol–water partition coefficient (Wildman–Crippen LogP) is 3.71. The summed E-state index contributed by atoms with van der Waals surface area (Å²) >= 11 is 0. The lowest BCUT2D eigenvalue weighted by Crippen LogP contribution is -2.44. The van der Waals surface area contributed by atoms with Gasteiger partial charge in [-0.1, -0.05) is 0 Å². The third-order valence-corrected chi connectivity index (χ3v) is 6.11. The van der Waals surface area contributed by atoms with E-state index in [2.05, 4.69) is 30.1 Å². The Kier molecular flexibility index (Phi) is 6.08. The van der Waals surface area contributed by atoms with Crippen LogP contribution in [0.2, 0.25) is 0 Å². The molecule has 0 bridgehead atoms. The fourth-order valence-electron chi connectivity index (χ4n) is 4.29. The maximum Gasteiger partial charge on any atom is 0.387 e. The Bertz CT molecular complexity index is 1350. The van der Waals surface area contributed by atoms with Gasteiger partial charge < -0.3 is 30.2 Å². The minimum absolute atomic E-state index is 0.0241. The van der Waals surface area contributed by atoms with Crippen LogP contribution in [0.15, 0.2) is 48.9 Å².